The number of hydrogen-bond acceptors (Lipinski definition) is 4. The van der Waals surface area contributed by atoms with Gasteiger partial charge in [-0.2, -0.15) is 0 Å². The van der Waals surface area contributed by atoms with Crippen molar-refractivity contribution in [3.05, 3.63) is 0 Å². The Morgan fingerprint density at radius 1 is 1.47 bits per heavy atom. The molecule has 0 aliphatic carbocycles. The summed E-state index contributed by atoms with van der Waals surface area (Å²) >= 11 is 0. The largest absolute Gasteiger partial charge is 0.468 e. The highest BCUT2D eigenvalue weighted by molar-refractivity contribution is 5.75. The highest BCUT2D eigenvalue weighted by Crippen LogP contribution is 2.17. The molecular weight excluding hydrogens is 194 g/mol. The predicted octanol–water partition coefficient (Wildman–Crippen LogP) is 1.05. The summed E-state index contributed by atoms with van der Waals surface area (Å²) in [6, 6.07) is -0.0517. The first-order valence-electron chi connectivity index (χ1n) is 5.69. The van der Waals surface area contributed by atoms with Crippen molar-refractivity contribution in [1.82, 2.24) is 4.90 Å². The summed E-state index contributed by atoms with van der Waals surface area (Å²) in [5, 5.41) is 0. The van der Waals surface area contributed by atoms with E-state index in [2.05, 4.69) is 4.90 Å². The molecule has 1 fully saturated rings. The lowest BCUT2D eigenvalue weighted by Gasteiger charge is -2.33. The summed E-state index contributed by atoms with van der Waals surface area (Å²) in [4.78, 5) is 13.7. The van der Waals surface area contributed by atoms with Gasteiger partial charge in [0.05, 0.1) is 13.7 Å². The van der Waals surface area contributed by atoms with Crippen LogP contribution in [0.3, 0.4) is 0 Å². The Balaban J connectivity index is 2.39. The van der Waals surface area contributed by atoms with E-state index in [1.807, 2.05) is 6.92 Å². The number of carbonyl (C=O) groups excluding carboxylic acids is 1. The van der Waals surface area contributed by atoms with Crippen LogP contribution in [-0.2, 0) is 14.3 Å². The number of nitrogens with zero attached hydrogens (tertiary/aromatic N) is 1. The van der Waals surface area contributed by atoms with E-state index in [4.69, 9.17) is 9.47 Å². The topological polar surface area (TPSA) is 38.8 Å². The van der Waals surface area contributed by atoms with Gasteiger partial charge in [-0.25, -0.2) is 0 Å². The molecule has 1 atom stereocenters. The van der Waals surface area contributed by atoms with Crippen LogP contribution in [-0.4, -0.2) is 50.3 Å². The molecule has 0 bridgehead atoms. The van der Waals surface area contributed by atoms with Crippen LogP contribution in [0, 0.1) is 0 Å². The average molecular weight is 215 g/mol. The third-order valence-electron chi connectivity index (χ3n) is 2.81. The highest BCUT2D eigenvalue weighted by Gasteiger charge is 2.28. The quantitative estimate of drug-likeness (QED) is 0.507. The van der Waals surface area contributed by atoms with Gasteiger partial charge in [-0.1, -0.05) is 6.42 Å². The van der Waals surface area contributed by atoms with Gasteiger partial charge in [-0.3, -0.25) is 9.69 Å². The minimum atomic E-state index is -0.105. The molecule has 4 nitrogen and oxygen atoms in total. The van der Waals surface area contributed by atoms with Crippen molar-refractivity contribution in [3.8, 4) is 0 Å². The lowest BCUT2D eigenvalue weighted by molar-refractivity contribution is -0.148. The zero-order valence-corrected chi connectivity index (χ0v) is 9.70. The molecule has 0 amide bonds. The molecule has 0 unspecified atom stereocenters. The molecule has 0 spiro atoms. The second-order valence-corrected chi connectivity index (χ2v) is 3.77. The molecule has 0 aromatic carbocycles. The Morgan fingerprint density at radius 3 is 2.93 bits per heavy atom. The lowest BCUT2D eigenvalue weighted by Crippen LogP contribution is -2.46. The molecular formula is C11H21NO3. The number of rotatable bonds is 5. The van der Waals surface area contributed by atoms with Gasteiger partial charge in [0.1, 0.15) is 6.04 Å². The van der Waals surface area contributed by atoms with Crippen LogP contribution in [0.15, 0.2) is 0 Å². The van der Waals surface area contributed by atoms with Gasteiger partial charge in [0, 0.05) is 13.2 Å². The predicted molar refractivity (Wildman–Crippen MR) is 57.7 cm³/mol. The molecule has 0 aromatic rings. The molecule has 1 aliphatic rings. The Labute approximate surface area is 91.5 Å². The third-order valence-corrected chi connectivity index (χ3v) is 2.81. The molecule has 1 heterocycles. The van der Waals surface area contributed by atoms with Crippen molar-refractivity contribution < 1.29 is 14.3 Å². The van der Waals surface area contributed by atoms with E-state index in [1.54, 1.807) is 0 Å². The van der Waals surface area contributed by atoms with Crippen molar-refractivity contribution in [2.45, 2.75) is 32.2 Å². The normalized spacial score (nSPS) is 22.7. The van der Waals surface area contributed by atoms with Crippen molar-refractivity contribution in [2.75, 3.05) is 33.4 Å². The summed E-state index contributed by atoms with van der Waals surface area (Å²) in [6.45, 7) is 5.22. The first-order valence-corrected chi connectivity index (χ1v) is 5.69. The van der Waals surface area contributed by atoms with Crippen LogP contribution >= 0.6 is 0 Å². The molecule has 0 saturated carbocycles. The van der Waals surface area contributed by atoms with Crippen LogP contribution < -0.4 is 0 Å². The van der Waals surface area contributed by atoms with Crippen LogP contribution in [0.5, 0.6) is 0 Å². The van der Waals surface area contributed by atoms with Crippen molar-refractivity contribution in [3.63, 3.8) is 0 Å². The number of esters is 1. The highest BCUT2D eigenvalue weighted by atomic mass is 16.5. The molecule has 15 heavy (non-hydrogen) atoms. The summed E-state index contributed by atoms with van der Waals surface area (Å²) in [7, 11) is 1.46. The molecule has 1 saturated heterocycles. The number of hydrogen-bond donors (Lipinski definition) is 0. The van der Waals surface area contributed by atoms with Crippen LogP contribution in [0.25, 0.3) is 0 Å². The molecule has 1 aliphatic heterocycles. The Kier molecular flexibility index (Phi) is 5.65. The van der Waals surface area contributed by atoms with Gasteiger partial charge in [0.25, 0.3) is 0 Å². The minimum Gasteiger partial charge on any atom is -0.468 e. The summed E-state index contributed by atoms with van der Waals surface area (Å²) in [5.41, 5.74) is 0. The van der Waals surface area contributed by atoms with Gasteiger partial charge < -0.3 is 9.47 Å². The maximum absolute atomic E-state index is 11.5. The average Bonchev–Trinajstić information content (AvgIpc) is 2.29. The Morgan fingerprint density at radius 2 is 2.27 bits per heavy atom. The second kappa shape index (κ2) is 6.80. The first-order chi connectivity index (χ1) is 7.29. The maximum atomic E-state index is 11.5. The van der Waals surface area contributed by atoms with Gasteiger partial charge in [-0.15, -0.1) is 0 Å². The van der Waals surface area contributed by atoms with E-state index >= 15 is 0 Å². The number of piperidine rings is 1. The molecule has 1 rings (SSSR count). The molecule has 0 radical (unpaired) electrons. The Hall–Kier alpha value is -0.610. The van der Waals surface area contributed by atoms with Gasteiger partial charge in [0.15, 0.2) is 0 Å². The van der Waals surface area contributed by atoms with Crippen LogP contribution in [0.1, 0.15) is 26.2 Å². The summed E-state index contributed by atoms with van der Waals surface area (Å²) in [5.74, 6) is -0.105. The fourth-order valence-electron chi connectivity index (χ4n) is 1.99. The summed E-state index contributed by atoms with van der Waals surface area (Å²) < 4.78 is 10.1. The van der Waals surface area contributed by atoms with E-state index < -0.39 is 0 Å². The minimum absolute atomic E-state index is 0.0517. The van der Waals surface area contributed by atoms with Crippen LogP contribution in [0.2, 0.25) is 0 Å². The molecule has 0 N–H and O–H groups in total. The monoisotopic (exact) mass is 215 g/mol. The number of methoxy groups -OCH3 is 1. The fourth-order valence-corrected chi connectivity index (χ4v) is 1.99. The van der Waals surface area contributed by atoms with E-state index in [-0.39, 0.29) is 12.0 Å². The SMILES string of the molecule is CCOCCN1CCCC[C@@H]1C(=O)OC. The van der Waals surface area contributed by atoms with Gasteiger partial charge in [-0.05, 0) is 26.3 Å². The number of carbonyl (C=O) groups is 1. The van der Waals surface area contributed by atoms with Crippen molar-refractivity contribution in [1.29, 1.82) is 0 Å². The Bertz CT molecular complexity index is 196. The molecule has 88 valence electrons. The molecule has 4 heteroatoms. The standard InChI is InChI=1S/C11H21NO3/c1-3-15-9-8-12-7-5-4-6-10(12)11(13)14-2/h10H,3-9H2,1-2H3/t10-/m1/s1. The third kappa shape index (κ3) is 3.80. The van der Waals surface area contributed by atoms with Crippen LogP contribution in [0.4, 0.5) is 0 Å². The fraction of sp³-hybridized carbons (Fsp3) is 0.909. The van der Waals surface area contributed by atoms with E-state index in [1.165, 1.54) is 13.5 Å². The number of likely N-dealkylation sites (tertiary alicyclic amines) is 1. The number of ether oxygens (including phenoxy) is 2. The van der Waals surface area contributed by atoms with E-state index in [0.717, 1.165) is 32.5 Å². The van der Waals surface area contributed by atoms with Crippen molar-refractivity contribution >= 4 is 5.97 Å². The van der Waals surface area contributed by atoms with Crippen molar-refractivity contribution in [2.24, 2.45) is 0 Å². The molecule has 0 aromatic heterocycles. The van der Waals surface area contributed by atoms with Gasteiger partial charge >= 0.3 is 5.97 Å². The zero-order chi connectivity index (χ0) is 11.1. The maximum Gasteiger partial charge on any atom is 0.323 e. The zero-order valence-electron chi connectivity index (χ0n) is 9.70. The van der Waals surface area contributed by atoms with E-state index in [0.29, 0.717) is 6.61 Å². The smallest absolute Gasteiger partial charge is 0.323 e. The second-order valence-electron chi connectivity index (χ2n) is 3.77. The van der Waals surface area contributed by atoms with E-state index in [9.17, 15) is 4.79 Å². The summed E-state index contributed by atoms with van der Waals surface area (Å²) in [6.07, 6.45) is 3.20. The first kappa shape index (κ1) is 12.5. The lowest BCUT2D eigenvalue weighted by atomic mass is 10.0. The van der Waals surface area contributed by atoms with Gasteiger partial charge in [0.2, 0.25) is 0 Å².